The van der Waals surface area contributed by atoms with E-state index >= 15 is 0 Å². The van der Waals surface area contributed by atoms with Crippen LogP contribution in [0.5, 0.6) is 5.75 Å². The van der Waals surface area contributed by atoms with Crippen molar-refractivity contribution in [2.24, 2.45) is 11.5 Å². The zero-order chi connectivity index (χ0) is 20.8. The van der Waals surface area contributed by atoms with Crippen molar-refractivity contribution in [1.29, 1.82) is 0 Å². The van der Waals surface area contributed by atoms with E-state index in [2.05, 4.69) is 10.3 Å². The number of amides is 3. The lowest BCUT2D eigenvalue weighted by atomic mass is 10.1. The first-order valence-electron chi connectivity index (χ1n) is 9.19. The van der Waals surface area contributed by atoms with E-state index in [1.54, 1.807) is 0 Å². The van der Waals surface area contributed by atoms with Crippen molar-refractivity contribution in [2.75, 3.05) is 25.1 Å². The molecule has 10 heteroatoms. The molecule has 1 unspecified atom stereocenters. The molecule has 1 atom stereocenters. The molecule has 3 amide bonds. The number of aromatic nitrogens is 1. The number of ether oxygens (including phenoxy) is 3. The molecule has 1 aliphatic heterocycles. The zero-order valence-electron chi connectivity index (χ0n) is 15.7. The van der Waals surface area contributed by atoms with Gasteiger partial charge in [0.1, 0.15) is 24.0 Å². The third kappa shape index (κ3) is 5.46. The number of H-pyrrole nitrogens is 1. The molecule has 3 rings (SSSR count). The number of urea groups is 1. The summed E-state index contributed by atoms with van der Waals surface area (Å²) < 4.78 is 30.7. The molecule has 0 aliphatic carbocycles. The minimum atomic E-state index is -0.876. The Morgan fingerprint density at radius 1 is 1.24 bits per heavy atom. The average Bonchev–Trinajstić information content (AvgIpc) is 3.10. The van der Waals surface area contributed by atoms with Gasteiger partial charge in [-0.1, -0.05) is 0 Å². The van der Waals surface area contributed by atoms with E-state index in [0.717, 1.165) is 19.3 Å². The van der Waals surface area contributed by atoms with Gasteiger partial charge in [-0.25, -0.2) is 9.18 Å². The summed E-state index contributed by atoms with van der Waals surface area (Å²) in [7, 11) is 0. The predicted octanol–water partition coefficient (Wildman–Crippen LogP) is 2.33. The fraction of sp³-hybridized carbons (Fsp3) is 0.368. The maximum atomic E-state index is 13.8. The minimum absolute atomic E-state index is 0.00629. The summed E-state index contributed by atoms with van der Waals surface area (Å²) in [6, 6.07) is 4.48. The normalized spacial score (nSPS) is 16.4. The van der Waals surface area contributed by atoms with Gasteiger partial charge < -0.3 is 30.7 Å². The van der Waals surface area contributed by atoms with Crippen LogP contribution in [-0.2, 0) is 9.47 Å². The van der Waals surface area contributed by atoms with Gasteiger partial charge >= 0.3 is 6.03 Å². The number of aromatic amines is 1. The van der Waals surface area contributed by atoms with Crippen LogP contribution in [0.15, 0.2) is 24.3 Å². The number of primary amides is 2. The van der Waals surface area contributed by atoms with E-state index < -0.39 is 17.8 Å². The van der Waals surface area contributed by atoms with Crippen molar-refractivity contribution in [1.82, 2.24) is 4.98 Å². The molecule has 0 spiro atoms. The van der Waals surface area contributed by atoms with Gasteiger partial charge in [0.2, 0.25) is 0 Å². The maximum absolute atomic E-state index is 13.8. The Kier molecular flexibility index (Phi) is 6.68. The topological polar surface area (TPSA) is 142 Å². The standard InChI is InChI=1S/C19H23FN4O5/c20-11-4-5-15(27-7-8-29-16-3-1-2-6-28-16)12(9-11)14-10-13(17(21)25)18(23-14)24-19(22)26/h4-5,9-10,16,23H,1-3,6-8H2,(H2,21,25)(H3,22,24,26). The number of halogens is 1. The zero-order valence-corrected chi connectivity index (χ0v) is 15.7. The first-order chi connectivity index (χ1) is 13.9. The lowest BCUT2D eigenvalue weighted by molar-refractivity contribution is -0.165. The molecular weight excluding hydrogens is 383 g/mol. The number of benzene rings is 1. The van der Waals surface area contributed by atoms with Gasteiger partial charge in [0.15, 0.2) is 6.29 Å². The number of nitrogens with two attached hydrogens (primary N) is 2. The number of anilines is 1. The van der Waals surface area contributed by atoms with Crippen LogP contribution in [0.4, 0.5) is 15.0 Å². The first kappa shape index (κ1) is 20.6. The van der Waals surface area contributed by atoms with E-state index in [0.29, 0.717) is 30.2 Å². The van der Waals surface area contributed by atoms with Crippen molar-refractivity contribution in [3.63, 3.8) is 0 Å². The molecule has 1 aromatic carbocycles. The molecule has 6 N–H and O–H groups in total. The molecular formula is C19H23FN4O5. The average molecular weight is 406 g/mol. The lowest BCUT2D eigenvalue weighted by Gasteiger charge is -2.22. The molecule has 2 heterocycles. The minimum Gasteiger partial charge on any atom is -0.490 e. The molecule has 1 aromatic heterocycles. The quantitative estimate of drug-likeness (QED) is 0.498. The fourth-order valence-electron chi connectivity index (χ4n) is 3.03. The first-order valence-corrected chi connectivity index (χ1v) is 9.19. The molecule has 1 aliphatic rings. The smallest absolute Gasteiger partial charge is 0.317 e. The molecule has 9 nitrogen and oxygen atoms in total. The van der Waals surface area contributed by atoms with E-state index in [9.17, 15) is 14.0 Å². The summed E-state index contributed by atoms with van der Waals surface area (Å²) >= 11 is 0. The SMILES string of the molecule is NC(=O)Nc1[nH]c(-c2cc(F)ccc2OCCOC2CCCCO2)cc1C(N)=O. The van der Waals surface area contributed by atoms with E-state index in [1.165, 1.54) is 24.3 Å². The largest absolute Gasteiger partial charge is 0.490 e. The van der Waals surface area contributed by atoms with E-state index in [1.807, 2.05) is 0 Å². The number of carbonyl (C=O) groups is 2. The molecule has 29 heavy (non-hydrogen) atoms. The highest BCUT2D eigenvalue weighted by Gasteiger charge is 2.18. The monoisotopic (exact) mass is 406 g/mol. The van der Waals surface area contributed by atoms with Crippen LogP contribution in [0.1, 0.15) is 29.6 Å². The Labute approximate surface area is 166 Å². The number of carbonyl (C=O) groups excluding carboxylic acids is 2. The van der Waals surface area contributed by atoms with Crippen molar-refractivity contribution in [3.05, 3.63) is 35.6 Å². The number of hydrogen-bond acceptors (Lipinski definition) is 5. The van der Waals surface area contributed by atoms with Gasteiger partial charge in [-0.2, -0.15) is 0 Å². The van der Waals surface area contributed by atoms with Gasteiger partial charge in [0, 0.05) is 12.2 Å². The van der Waals surface area contributed by atoms with Crippen molar-refractivity contribution in [3.8, 4) is 17.0 Å². The van der Waals surface area contributed by atoms with Crippen LogP contribution in [0, 0.1) is 5.82 Å². The molecule has 1 fully saturated rings. The summed E-state index contributed by atoms with van der Waals surface area (Å²) in [4.78, 5) is 25.6. The van der Waals surface area contributed by atoms with E-state index in [-0.39, 0.29) is 24.3 Å². The summed E-state index contributed by atoms with van der Waals surface area (Å²) in [5.41, 5.74) is 11.1. The maximum Gasteiger partial charge on any atom is 0.317 e. The highest BCUT2D eigenvalue weighted by atomic mass is 19.1. The third-order valence-corrected chi connectivity index (χ3v) is 4.35. The second-order valence-electron chi connectivity index (χ2n) is 6.48. The number of hydrogen-bond donors (Lipinski definition) is 4. The molecule has 2 aromatic rings. The highest BCUT2D eigenvalue weighted by Crippen LogP contribution is 2.33. The van der Waals surface area contributed by atoms with Crippen LogP contribution in [-0.4, -0.2) is 43.0 Å². The second-order valence-corrected chi connectivity index (χ2v) is 6.48. The van der Waals surface area contributed by atoms with Gasteiger partial charge in [-0.3, -0.25) is 10.1 Å². The van der Waals surface area contributed by atoms with Crippen molar-refractivity contribution >= 4 is 17.8 Å². The van der Waals surface area contributed by atoms with Crippen LogP contribution in [0.3, 0.4) is 0 Å². The Balaban J connectivity index is 1.74. The van der Waals surface area contributed by atoms with Gasteiger partial charge in [-0.15, -0.1) is 0 Å². The number of nitrogens with one attached hydrogen (secondary N) is 2. The molecule has 0 saturated carbocycles. The molecule has 0 radical (unpaired) electrons. The predicted molar refractivity (Wildman–Crippen MR) is 103 cm³/mol. The summed E-state index contributed by atoms with van der Waals surface area (Å²) in [5, 5.41) is 2.28. The van der Waals surface area contributed by atoms with E-state index in [4.69, 9.17) is 25.7 Å². The van der Waals surface area contributed by atoms with Crippen LogP contribution in [0.25, 0.3) is 11.3 Å². The molecule has 1 saturated heterocycles. The summed E-state index contributed by atoms with van der Waals surface area (Å²) in [6.07, 6.45) is 2.70. The second kappa shape index (κ2) is 9.39. The highest BCUT2D eigenvalue weighted by molar-refractivity contribution is 6.03. The Morgan fingerprint density at radius 2 is 2.07 bits per heavy atom. The summed E-state index contributed by atoms with van der Waals surface area (Å²) in [5.74, 6) is -0.898. The Hall–Kier alpha value is -3.11. The van der Waals surface area contributed by atoms with Crippen LogP contribution < -0.4 is 21.5 Å². The third-order valence-electron chi connectivity index (χ3n) is 4.35. The van der Waals surface area contributed by atoms with Crippen molar-refractivity contribution < 1.29 is 28.2 Å². The van der Waals surface area contributed by atoms with Gasteiger partial charge in [0.05, 0.1) is 17.9 Å². The fourth-order valence-corrected chi connectivity index (χ4v) is 3.03. The Morgan fingerprint density at radius 3 is 2.76 bits per heavy atom. The van der Waals surface area contributed by atoms with Gasteiger partial charge in [-0.05, 0) is 43.5 Å². The summed E-state index contributed by atoms with van der Waals surface area (Å²) in [6.45, 7) is 1.20. The van der Waals surface area contributed by atoms with Crippen molar-refractivity contribution in [2.45, 2.75) is 25.6 Å². The van der Waals surface area contributed by atoms with Crippen LogP contribution in [0.2, 0.25) is 0 Å². The Bertz CT molecular complexity index is 879. The molecule has 0 bridgehead atoms. The van der Waals surface area contributed by atoms with Crippen LogP contribution >= 0.6 is 0 Å². The van der Waals surface area contributed by atoms with Gasteiger partial charge in [0.25, 0.3) is 5.91 Å². The lowest BCUT2D eigenvalue weighted by Crippen LogP contribution is -2.24. The molecule has 156 valence electrons. The number of rotatable bonds is 8.